The van der Waals surface area contributed by atoms with Gasteiger partial charge in [0.2, 0.25) is 15.3 Å². The third kappa shape index (κ3) is 3.33. The zero-order chi connectivity index (χ0) is 17.4. The van der Waals surface area contributed by atoms with Gasteiger partial charge in [0.15, 0.2) is 11.2 Å². The van der Waals surface area contributed by atoms with Crippen molar-refractivity contribution in [2.45, 2.75) is 19.9 Å². The predicted molar refractivity (Wildman–Crippen MR) is 87.3 cm³/mol. The molecule has 2 rings (SSSR count). The Kier molecular flexibility index (Phi) is 4.97. The molecule has 0 fully saturated rings. The Bertz CT molecular complexity index is 956. The van der Waals surface area contributed by atoms with Crippen molar-refractivity contribution in [2.75, 3.05) is 12.3 Å². The van der Waals surface area contributed by atoms with E-state index >= 15 is 0 Å². The first kappa shape index (κ1) is 17.7. The molecule has 0 atom stereocenters. The van der Waals surface area contributed by atoms with Gasteiger partial charge in [-0.2, -0.15) is 4.98 Å². The largest absolute Gasteiger partial charge is 0.332 e. The molecule has 0 bridgehead atoms. The van der Waals surface area contributed by atoms with Gasteiger partial charge in [-0.05, 0) is 24.9 Å². The minimum atomic E-state index is -3.26. The zero-order valence-corrected chi connectivity index (χ0v) is 14.6. The molecule has 128 valence electrons. The van der Waals surface area contributed by atoms with Crippen LogP contribution in [0.2, 0.25) is 5.28 Å². The highest BCUT2D eigenvalue weighted by Crippen LogP contribution is 2.15. The summed E-state index contributed by atoms with van der Waals surface area (Å²) in [5.41, 5.74) is -0.550. The van der Waals surface area contributed by atoms with Gasteiger partial charge < -0.3 is 4.57 Å². The number of halogens is 1. The van der Waals surface area contributed by atoms with Crippen molar-refractivity contribution in [3.63, 3.8) is 0 Å². The van der Waals surface area contributed by atoms with Gasteiger partial charge in [-0.1, -0.05) is 0 Å². The lowest BCUT2D eigenvalue weighted by Crippen LogP contribution is -2.37. The van der Waals surface area contributed by atoms with Crippen LogP contribution in [0.25, 0.3) is 11.2 Å². The molecular formula is C12H18ClN5O4S. The summed E-state index contributed by atoms with van der Waals surface area (Å²) in [5, 5.41) is 0.0802. The van der Waals surface area contributed by atoms with Crippen molar-refractivity contribution >= 4 is 32.8 Å². The minimum absolute atomic E-state index is 0.00438. The number of hydrogen-bond donors (Lipinski definition) is 1. The average Bonchev–Trinajstić information content (AvgIpc) is 2.84. The molecule has 0 aliphatic heterocycles. The first-order valence-corrected chi connectivity index (χ1v) is 9.01. The van der Waals surface area contributed by atoms with Crippen LogP contribution in [0.1, 0.15) is 13.3 Å². The number of sulfonamides is 1. The van der Waals surface area contributed by atoms with Gasteiger partial charge in [0.05, 0.1) is 5.75 Å². The lowest BCUT2D eigenvalue weighted by molar-refractivity contribution is 0.572. The molecule has 0 saturated heterocycles. The number of nitrogens with zero attached hydrogens (tertiary/aromatic N) is 4. The van der Waals surface area contributed by atoms with E-state index < -0.39 is 21.3 Å². The second-order valence-corrected chi connectivity index (χ2v) is 7.50. The number of rotatable bonds is 6. The van der Waals surface area contributed by atoms with Crippen LogP contribution in [-0.2, 0) is 30.7 Å². The Labute approximate surface area is 137 Å². The third-order valence-electron chi connectivity index (χ3n) is 3.56. The van der Waals surface area contributed by atoms with Crippen LogP contribution in [-0.4, -0.2) is 39.4 Å². The smallest absolute Gasteiger partial charge is 0.309 e. The number of hydrogen-bond acceptors (Lipinski definition) is 5. The molecule has 0 aliphatic carbocycles. The second kappa shape index (κ2) is 6.46. The molecule has 0 aromatic carbocycles. The van der Waals surface area contributed by atoms with Crippen molar-refractivity contribution in [1.82, 2.24) is 23.4 Å². The molecule has 2 aromatic rings. The summed E-state index contributed by atoms with van der Waals surface area (Å²) in [6.07, 6.45) is 0.427. The Morgan fingerprint density at radius 1 is 1.22 bits per heavy atom. The topological polar surface area (TPSA) is 108 Å². The summed E-state index contributed by atoms with van der Waals surface area (Å²) in [5.74, 6) is 0.00438. The van der Waals surface area contributed by atoms with Gasteiger partial charge in [-0.15, -0.1) is 0 Å². The number of fused-ring (bicyclic) bond motifs is 1. The number of aromatic nitrogens is 4. The summed E-state index contributed by atoms with van der Waals surface area (Å²) in [7, 11) is -0.373. The molecule has 0 saturated carbocycles. The van der Waals surface area contributed by atoms with Crippen LogP contribution < -0.4 is 16.0 Å². The number of imidazole rings is 1. The maximum absolute atomic E-state index is 12.3. The molecule has 0 spiro atoms. The quantitative estimate of drug-likeness (QED) is 0.545. The van der Waals surface area contributed by atoms with Crippen LogP contribution >= 0.6 is 11.6 Å². The van der Waals surface area contributed by atoms with Gasteiger partial charge in [0.25, 0.3) is 5.56 Å². The molecule has 9 nitrogen and oxygen atoms in total. The van der Waals surface area contributed by atoms with E-state index in [1.165, 1.54) is 23.2 Å². The van der Waals surface area contributed by atoms with Crippen molar-refractivity contribution in [3.8, 4) is 0 Å². The van der Waals surface area contributed by atoms with Gasteiger partial charge in [0, 0.05) is 27.2 Å². The predicted octanol–water partition coefficient (Wildman–Crippen LogP) is -0.583. The minimum Gasteiger partial charge on any atom is -0.309 e. The van der Waals surface area contributed by atoms with E-state index in [0.717, 1.165) is 4.57 Å². The van der Waals surface area contributed by atoms with E-state index in [1.807, 2.05) is 0 Å². The van der Waals surface area contributed by atoms with Crippen LogP contribution in [0.4, 0.5) is 0 Å². The van der Waals surface area contributed by atoms with Crippen molar-refractivity contribution in [3.05, 3.63) is 26.1 Å². The standard InChI is InChI=1S/C12H18ClN5O4S/c1-4-23(21,22)14-6-5-7-18-8-9(15-11(18)13)16(2)12(20)17(3)10(8)19/h14H,4-7H2,1-3H3. The van der Waals surface area contributed by atoms with Crippen LogP contribution in [0.5, 0.6) is 0 Å². The summed E-state index contributed by atoms with van der Waals surface area (Å²) in [4.78, 5) is 28.2. The fraction of sp³-hybridized carbons (Fsp3) is 0.583. The molecular weight excluding hydrogens is 346 g/mol. The fourth-order valence-electron chi connectivity index (χ4n) is 2.19. The summed E-state index contributed by atoms with van der Waals surface area (Å²) < 4.78 is 28.9. The molecule has 2 heterocycles. The Hall–Kier alpha value is -1.65. The number of nitrogens with one attached hydrogen (secondary N) is 1. The van der Waals surface area contributed by atoms with E-state index in [-0.39, 0.29) is 28.7 Å². The SMILES string of the molecule is CCS(=O)(=O)NCCCn1c(Cl)nc2c1c(=O)n(C)c(=O)n2C. The van der Waals surface area contributed by atoms with Gasteiger partial charge in [-0.25, -0.2) is 17.9 Å². The third-order valence-corrected chi connectivity index (χ3v) is 5.25. The normalized spacial score (nSPS) is 12.2. The fourth-order valence-corrected chi connectivity index (χ4v) is 3.10. The Balaban J connectivity index is 2.34. The molecule has 1 N–H and O–H groups in total. The first-order valence-electron chi connectivity index (χ1n) is 6.98. The molecule has 23 heavy (non-hydrogen) atoms. The molecule has 0 unspecified atom stereocenters. The van der Waals surface area contributed by atoms with E-state index in [4.69, 9.17) is 11.6 Å². The van der Waals surface area contributed by atoms with E-state index in [1.54, 1.807) is 6.92 Å². The lowest BCUT2D eigenvalue weighted by Gasteiger charge is -2.08. The van der Waals surface area contributed by atoms with Crippen LogP contribution in [0.3, 0.4) is 0 Å². The maximum atomic E-state index is 12.3. The summed E-state index contributed by atoms with van der Waals surface area (Å²) in [6, 6.07) is 0. The number of aryl methyl sites for hydroxylation is 2. The van der Waals surface area contributed by atoms with Gasteiger partial charge >= 0.3 is 5.69 Å². The zero-order valence-electron chi connectivity index (χ0n) is 13.0. The molecule has 2 aromatic heterocycles. The van der Waals surface area contributed by atoms with Crippen LogP contribution in [0.15, 0.2) is 9.59 Å². The van der Waals surface area contributed by atoms with E-state index in [0.29, 0.717) is 13.0 Å². The van der Waals surface area contributed by atoms with Crippen molar-refractivity contribution in [1.29, 1.82) is 0 Å². The first-order chi connectivity index (χ1) is 10.7. The van der Waals surface area contributed by atoms with Crippen LogP contribution in [0, 0.1) is 0 Å². The molecule has 11 heteroatoms. The highest BCUT2D eigenvalue weighted by molar-refractivity contribution is 7.89. The molecule has 0 amide bonds. The van der Waals surface area contributed by atoms with Crippen molar-refractivity contribution < 1.29 is 8.42 Å². The maximum Gasteiger partial charge on any atom is 0.332 e. The van der Waals surface area contributed by atoms with E-state index in [9.17, 15) is 18.0 Å². The highest BCUT2D eigenvalue weighted by atomic mass is 35.5. The van der Waals surface area contributed by atoms with Crippen molar-refractivity contribution in [2.24, 2.45) is 14.1 Å². The lowest BCUT2D eigenvalue weighted by atomic mass is 10.4. The summed E-state index contributed by atoms with van der Waals surface area (Å²) in [6.45, 7) is 2.07. The monoisotopic (exact) mass is 363 g/mol. The molecule has 0 radical (unpaired) electrons. The highest BCUT2D eigenvalue weighted by Gasteiger charge is 2.17. The van der Waals surface area contributed by atoms with Gasteiger partial charge in [-0.3, -0.25) is 13.9 Å². The summed E-state index contributed by atoms with van der Waals surface area (Å²) >= 11 is 6.06. The Morgan fingerprint density at radius 2 is 1.87 bits per heavy atom. The van der Waals surface area contributed by atoms with E-state index in [2.05, 4.69) is 9.71 Å². The molecule has 0 aliphatic rings. The second-order valence-electron chi connectivity index (χ2n) is 5.06. The Morgan fingerprint density at radius 3 is 2.48 bits per heavy atom. The average molecular weight is 364 g/mol. The van der Waals surface area contributed by atoms with Gasteiger partial charge in [0.1, 0.15) is 0 Å².